The van der Waals surface area contributed by atoms with Gasteiger partial charge in [-0.15, -0.1) is 0 Å². The van der Waals surface area contributed by atoms with Crippen molar-refractivity contribution in [1.29, 1.82) is 0 Å². The van der Waals surface area contributed by atoms with Crippen LogP contribution in [0.3, 0.4) is 0 Å². The number of hydrogen-bond donors (Lipinski definition) is 3. The number of likely N-dealkylation sites (tertiary alicyclic amines) is 1. The number of aromatic nitrogens is 5. The van der Waals surface area contributed by atoms with E-state index in [1.54, 1.807) is 48.7 Å². The second kappa shape index (κ2) is 16.6. The number of rotatable bonds is 10. The third-order valence-electron chi connectivity index (χ3n) is 11.4. The van der Waals surface area contributed by atoms with Crippen molar-refractivity contribution in [3.05, 3.63) is 87.5 Å². The van der Waals surface area contributed by atoms with Crippen molar-refractivity contribution >= 4 is 63.3 Å². The van der Waals surface area contributed by atoms with Gasteiger partial charge in [-0.25, -0.2) is 18.7 Å². The molecule has 2 atom stereocenters. The zero-order valence-corrected chi connectivity index (χ0v) is 32.7. The molecule has 57 heavy (non-hydrogen) atoms. The zero-order chi connectivity index (χ0) is 39.8. The van der Waals surface area contributed by atoms with Gasteiger partial charge in [0.05, 0.1) is 46.1 Å². The highest BCUT2D eigenvalue weighted by molar-refractivity contribution is 6.39. The number of carbonyl (C=O) groups excluding carboxylic acids is 2. The molecular formula is C41H42Cl2F2N8O4. The summed E-state index contributed by atoms with van der Waals surface area (Å²) in [5.41, 5.74) is 4.43. The highest BCUT2D eigenvalue weighted by Crippen LogP contribution is 2.44. The average molecular weight is 820 g/mol. The Kier molecular flexibility index (Phi) is 11.4. The molecule has 5 heterocycles. The number of nitrogens with one attached hydrogen (secondary N) is 2. The fourth-order valence-corrected chi connectivity index (χ4v) is 9.13. The van der Waals surface area contributed by atoms with Crippen molar-refractivity contribution in [3.63, 3.8) is 0 Å². The minimum absolute atomic E-state index is 0.0520. The minimum Gasteiger partial charge on any atom is -0.469 e. The van der Waals surface area contributed by atoms with E-state index in [0.717, 1.165) is 62.9 Å². The molecule has 3 aliphatic rings. The number of anilines is 3. The van der Waals surface area contributed by atoms with Crippen LogP contribution in [0.15, 0.2) is 54.7 Å². The number of fused-ring (bicyclic) bond motifs is 2. The number of methoxy groups -OCH3 is 1. The minimum atomic E-state index is -2.93. The lowest BCUT2D eigenvalue weighted by Gasteiger charge is -2.35. The number of alkyl halides is 2. The Morgan fingerprint density at radius 1 is 0.965 bits per heavy atom. The van der Waals surface area contributed by atoms with Crippen molar-refractivity contribution < 1.29 is 28.2 Å². The summed E-state index contributed by atoms with van der Waals surface area (Å²) in [6, 6.07) is 14.0. The maximum absolute atomic E-state index is 14.0. The smallest absolute Gasteiger partial charge is 0.308 e. The predicted molar refractivity (Wildman–Crippen MR) is 213 cm³/mol. The van der Waals surface area contributed by atoms with Crippen molar-refractivity contribution in [2.45, 2.75) is 76.5 Å². The molecule has 12 nitrogen and oxygen atoms in total. The van der Waals surface area contributed by atoms with Gasteiger partial charge in [-0.2, -0.15) is 5.10 Å². The van der Waals surface area contributed by atoms with E-state index in [0.29, 0.717) is 53.6 Å². The molecule has 8 rings (SSSR count). The molecule has 1 aliphatic carbocycles. The number of benzene rings is 2. The first kappa shape index (κ1) is 39.1. The van der Waals surface area contributed by atoms with E-state index in [1.807, 2.05) is 10.7 Å². The number of aliphatic hydroxyl groups excluding tert-OH is 1. The SMILES string of the molecule is COC(=O)C1CCC(C2CCCn3nc(C(=O)Nc4cccc(-c5cccc(Nc6nc(C(F)F)nc7cc(CN8CC[C@@H](O)C8)cnc67)c5Cl)c4Cl)cc32)CC1. The number of nitrogens with zero attached hydrogens (tertiary/aromatic N) is 6. The first-order chi connectivity index (χ1) is 27.6. The fourth-order valence-electron chi connectivity index (χ4n) is 8.58. The van der Waals surface area contributed by atoms with Crippen LogP contribution in [0.4, 0.5) is 26.0 Å². The maximum Gasteiger partial charge on any atom is 0.308 e. The van der Waals surface area contributed by atoms with E-state index in [9.17, 15) is 23.5 Å². The topological polar surface area (TPSA) is 147 Å². The Morgan fingerprint density at radius 3 is 2.40 bits per heavy atom. The van der Waals surface area contributed by atoms with Crippen LogP contribution in [0.5, 0.6) is 0 Å². The van der Waals surface area contributed by atoms with Crippen LogP contribution >= 0.6 is 23.2 Å². The quantitative estimate of drug-likeness (QED) is 0.117. The zero-order valence-electron chi connectivity index (χ0n) is 31.2. The van der Waals surface area contributed by atoms with Gasteiger partial charge in [-0.3, -0.25) is 24.2 Å². The lowest BCUT2D eigenvalue weighted by molar-refractivity contribution is -0.146. The summed E-state index contributed by atoms with van der Waals surface area (Å²) in [7, 11) is 1.44. The summed E-state index contributed by atoms with van der Waals surface area (Å²) in [5.74, 6) is -0.523. The summed E-state index contributed by atoms with van der Waals surface area (Å²) in [4.78, 5) is 40.6. The number of carbonyl (C=O) groups is 2. The van der Waals surface area contributed by atoms with Crippen LogP contribution in [0.1, 0.15) is 84.9 Å². The van der Waals surface area contributed by atoms with E-state index in [4.69, 9.17) is 27.9 Å². The molecule has 1 unspecified atom stereocenters. The Hall–Kier alpha value is -4.76. The van der Waals surface area contributed by atoms with Gasteiger partial charge in [0.25, 0.3) is 12.3 Å². The molecule has 3 N–H and O–H groups in total. The fraction of sp³-hybridized carbons (Fsp3) is 0.415. The van der Waals surface area contributed by atoms with Gasteiger partial charge in [-0.1, -0.05) is 47.5 Å². The van der Waals surface area contributed by atoms with Crippen LogP contribution in [0, 0.1) is 11.8 Å². The van der Waals surface area contributed by atoms with Gasteiger partial charge < -0.3 is 20.5 Å². The molecule has 1 amide bonds. The lowest BCUT2D eigenvalue weighted by atomic mass is 9.72. The summed E-state index contributed by atoms with van der Waals surface area (Å²) in [6.07, 6.45) is 4.42. The van der Waals surface area contributed by atoms with Crippen molar-refractivity contribution in [2.24, 2.45) is 11.8 Å². The first-order valence-electron chi connectivity index (χ1n) is 19.2. The third kappa shape index (κ3) is 8.18. The van der Waals surface area contributed by atoms with Gasteiger partial charge >= 0.3 is 5.97 Å². The van der Waals surface area contributed by atoms with Crippen LogP contribution in [0.2, 0.25) is 10.0 Å². The molecule has 0 radical (unpaired) electrons. The van der Waals surface area contributed by atoms with E-state index < -0.39 is 24.3 Å². The number of aliphatic hydroxyl groups is 1. The number of pyridine rings is 1. The third-order valence-corrected chi connectivity index (χ3v) is 12.2. The number of amides is 1. The Morgan fingerprint density at radius 2 is 1.70 bits per heavy atom. The van der Waals surface area contributed by atoms with E-state index in [-0.39, 0.29) is 44.7 Å². The highest BCUT2D eigenvalue weighted by Gasteiger charge is 2.35. The van der Waals surface area contributed by atoms with Crippen molar-refractivity contribution in [3.8, 4) is 11.1 Å². The monoisotopic (exact) mass is 818 g/mol. The molecule has 0 bridgehead atoms. The van der Waals surface area contributed by atoms with Crippen LogP contribution in [-0.4, -0.2) is 72.9 Å². The van der Waals surface area contributed by atoms with E-state index in [2.05, 4.69) is 35.6 Å². The van der Waals surface area contributed by atoms with Crippen molar-refractivity contribution in [1.82, 2.24) is 29.6 Å². The largest absolute Gasteiger partial charge is 0.469 e. The Balaban J connectivity index is 1.01. The number of ether oxygens (including phenoxy) is 1. The number of hydrogen-bond acceptors (Lipinski definition) is 10. The number of halogens is 4. The van der Waals surface area contributed by atoms with Crippen molar-refractivity contribution in [2.75, 3.05) is 30.8 Å². The molecule has 2 aliphatic heterocycles. The molecule has 1 saturated heterocycles. The Labute approximate surface area is 337 Å². The van der Waals surface area contributed by atoms with Gasteiger partial charge in [-0.05, 0) is 80.7 Å². The number of esters is 1. The van der Waals surface area contributed by atoms with Gasteiger partial charge in [0.1, 0.15) is 5.52 Å². The first-order valence-corrected chi connectivity index (χ1v) is 20.0. The molecule has 0 spiro atoms. The molecule has 1 saturated carbocycles. The molecule has 16 heteroatoms. The summed E-state index contributed by atoms with van der Waals surface area (Å²) >= 11 is 14.0. The van der Waals surface area contributed by atoms with Gasteiger partial charge in [0.15, 0.2) is 17.3 Å². The van der Waals surface area contributed by atoms with E-state index >= 15 is 0 Å². The maximum atomic E-state index is 14.0. The molecular weight excluding hydrogens is 777 g/mol. The second-order valence-corrected chi connectivity index (χ2v) is 15.9. The predicted octanol–water partition coefficient (Wildman–Crippen LogP) is 8.55. The molecule has 2 fully saturated rings. The van der Waals surface area contributed by atoms with Crippen LogP contribution < -0.4 is 10.6 Å². The second-order valence-electron chi connectivity index (χ2n) is 15.1. The standard InChI is InChI=1S/C41H42Cl2F2N8O4/c1-57-41(56)24-12-10-23(11-13-24)26-7-4-15-53-33(26)18-32(51-53)40(55)49-30-9-3-6-28(35(30)43)27-5-2-8-29(34(27)42)47-38-36-31(48-39(50-38)37(44)45)17-22(19-46-36)20-52-16-14-25(54)21-52/h2-3,5-6,8-9,17-19,23-26,37,54H,4,7,10-16,20-21H2,1H3,(H,49,55)(H,47,48,50)/t23?,24?,25-,26?/m1/s1. The average Bonchev–Trinajstić information content (AvgIpc) is 3.85. The highest BCUT2D eigenvalue weighted by atomic mass is 35.5. The summed E-state index contributed by atoms with van der Waals surface area (Å²) < 4.78 is 35.0. The van der Waals surface area contributed by atoms with Crippen LogP contribution in [0.25, 0.3) is 22.2 Å². The van der Waals surface area contributed by atoms with E-state index in [1.165, 1.54) is 7.11 Å². The summed E-state index contributed by atoms with van der Waals surface area (Å²) in [5, 5.41) is 21.1. The normalized spacial score (nSPS) is 21.1. The number of aryl methyl sites for hydroxylation is 1. The molecule has 5 aromatic rings. The van der Waals surface area contributed by atoms with Gasteiger partial charge in [0, 0.05) is 55.1 Å². The molecule has 2 aromatic carbocycles. The molecule has 298 valence electrons. The number of β-amino-alcohol motifs (C(OH)–C–C–N with tert-alkyl or cyclic N) is 1. The summed E-state index contributed by atoms with van der Waals surface area (Å²) in [6.45, 7) is 2.48. The lowest BCUT2D eigenvalue weighted by Crippen LogP contribution is -2.28. The van der Waals surface area contributed by atoms with Gasteiger partial charge in [0.2, 0.25) is 0 Å². The Bertz CT molecular complexity index is 2320. The van der Waals surface area contributed by atoms with Crippen LogP contribution in [-0.2, 0) is 22.6 Å². The molecule has 3 aromatic heterocycles.